The van der Waals surface area contributed by atoms with E-state index in [1.807, 2.05) is 24.4 Å². The number of nitrogens with zero attached hydrogens (tertiary/aromatic N) is 5. The molecular weight excluding hydrogens is 574 g/mol. The molecule has 9 rings (SSSR count). The standard InChI is InChI=1S/C42H31N5/c1-3-16-39-32(10-1)27-41-42(46-36-15-2-4-17-40(36)47(39)41)29-20-18-28(19-21-29)30-11-9-12-31(24-30)33-25-37(34-13-5-7-22-43-34)45-38(26-33)35-14-6-8-23-44-35/h1,3,5-7,9-22,24-27H,2,4,8,23H2. The zero-order valence-electron chi connectivity index (χ0n) is 25.8. The van der Waals surface area contributed by atoms with Crippen molar-refractivity contribution in [2.75, 3.05) is 6.54 Å². The number of rotatable bonds is 5. The number of para-hydroxylation sites is 1. The van der Waals surface area contributed by atoms with Crippen LogP contribution in [0.1, 0.15) is 25.0 Å². The van der Waals surface area contributed by atoms with Gasteiger partial charge in [-0.1, -0.05) is 85.0 Å². The topological polar surface area (TPSA) is 55.4 Å². The Morgan fingerprint density at radius 1 is 0.553 bits per heavy atom. The van der Waals surface area contributed by atoms with Crippen LogP contribution in [-0.4, -0.2) is 31.6 Å². The number of allylic oxidation sites excluding steroid dienone is 1. The van der Waals surface area contributed by atoms with Gasteiger partial charge in [0.15, 0.2) is 0 Å². The summed E-state index contributed by atoms with van der Waals surface area (Å²) in [5, 5.41) is 3.49. The second-order valence-corrected chi connectivity index (χ2v) is 12.1. The first-order valence-corrected chi connectivity index (χ1v) is 16.3. The van der Waals surface area contributed by atoms with Crippen LogP contribution in [0, 0.1) is 0 Å². The largest absolute Gasteiger partial charge is 0.306 e. The van der Waals surface area contributed by atoms with Gasteiger partial charge in [0, 0.05) is 23.7 Å². The maximum absolute atomic E-state index is 5.21. The third kappa shape index (κ3) is 4.97. The van der Waals surface area contributed by atoms with Crippen molar-refractivity contribution < 1.29 is 0 Å². The molecule has 47 heavy (non-hydrogen) atoms. The van der Waals surface area contributed by atoms with Gasteiger partial charge in [-0.15, -0.1) is 0 Å². The highest BCUT2D eigenvalue weighted by Gasteiger charge is 2.15. The van der Waals surface area contributed by atoms with Crippen LogP contribution >= 0.6 is 0 Å². The summed E-state index contributed by atoms with van der Waals surface area (Å²) in [5.41, 5.74) is 12.5. The fourth-order valence-electron chi connectivity index (χ4n) is 6.78. The molecule has 0 atom stereocenters. The van der Waals surface area contributed by atoms with Crippen LogP contribution in [0.5, 0.6) is 0 Å². The van der Waals surface area contributed by atoms with Crippen molar-refractivity contribution in [3.05, 3.63) is 144 Å². The summed E-state index contributed by atoms with van der Waals surface area (Å²) in [6, 6.07) is 38.7. The minimum atomic E-state index is 0.784. The molecule has 5 nitrogen and oxygen atoms in total. The van der Waals surface area contributed by atoms with E-state index in [-0.39, 0.29) is 0 Å². The molecule has 5 heterocycles. The zero-order chi connectivity index (χ0) is 31.2. The van der Waals surface area contributed by atoms with E-state index in [2.05, 4.69) is 125 Å². The van der Waals surface area contributed by atoms with E-state index in [0.717, 1.165) is 93.0 Å². The number of hydrogen-bond donors (Lipinski definition) is 0. The Labute approximate surface area is 272 Å². The third-order valence-electron chi connectivity index (χ3n) is 9.09. The fraction of sp³-hybridized carbons (Fsp3) is 0.0952. The molecule has 0 N–H and O–H groups in total. The average Bonchev–Trinajstić information content (AvgIpc) is 3.55. The van der Waals surface area contributed by atoms with E-state index in [1.165, 1.54) is 16.3 Å². The van der Waals surface area contributed by atoms with Gasteiger partial charge in [0.25, 0.3) is 0 Å². The van der Waals surface area contributed by atoms with Crippen molar-refractivity contribution in [1.29, 1.82) is 0 Å². The number of hydrogen-bond acceptors (Lipinski definition) is 4. The van der Waals surface area contributed by atoms with E-state index in [9.17, 15) is 0 Å². The van der Waals surface area contributed by atoms with Crippen LogP contribution in [0.3, 0.4) is 0 Å². The lowest BCUT2D eigenvalue weighted by molar-refractivity contribution is 0.991. The molecule has 0 unspecified atom stereocenters. The Kier molecular flexibility index (Phi) is 6.67. The Balaban J connectivity index is 1.12. The molecular formula is C42H31N5. The number of pyridine rings is 2. The van der Waals surface area contributed by atoms with Crippen LogP contribution in [0.2, 0.25) is 0 Å². The monoisotopic (exact) mass is 605 g/mol. The van der Waals surface area contributed by atoms with Crippen molar-refractivity contribution in [2.45, 2.75) is 19.3 Å². The first kappa shape index (κ1) is 27.4. The lowest BCUT2D eigenvalue weighted by Gasteiger charge is -2.13. The first-order valence-electron chi connectivity index (χ1n) is 16.3. The van der Waals surface area contributed by atoms with Crippen LogP contribution in [0.4, 0.5) is 0 Å². The van der Waals surface area contributed by atoms with Crippen LogP contribution in [0.25, 0.3) is 73.5 Å². The van der Waals surface area contributed by atoms with E-state index < -0.39 is 0 Å². The van der Waals surface area contributed by atoms with Gasteiger partial charge in [-0.2, -0.15) is 0 Å². The van der Waals surface area contributed by atoms with Gasteiger partial charge in [0.1, 0.15) is 0 Å². The molecule has 1 aliphatic heterocycles. The number of fused-ring (bicyclic) bond motifs is 5. The average molecular weight is 606 g/mol. The molecule has 0 spiro atoms. The zero-order valence-corrected chi connectivity index (χ0v) is 25.8. The van der Waals surface area contributed by atoms with Gasteiger partial charge >= 0.3 is 0 Å². The van der Waals surface area contributed by atoms with E-state index in [1.54, 1.807) is 0 Å². The summed E-state index contributed by atoms with van der Waals surface area (Å²) in [4.78, 5) is 19.5. The summed E-state index contributed by atoms with van der Waals surface area (Å²) < 4.78 is 2.39. The molecule has 0 fully saturated rings. The quantitative estimate of drug-likeness (QED) is 0.200. The van der Waals surface area contributed by atoms with Crippen molar-refractivity contribution in [1.82, 2.24) is 19.4 Å². The molecule has 3 aromatic carbocycles. The third-order valence-corrected chi connectivity index (χ3v) is 9.09. The summed E-state index contributed by atoms with van der Waals surface area (Å²) in [7, 11) is 0. The normalized spacial score (nSPS) is 14.0. The second kappa shape index (κ2) is 11.5. The molecule has 0 saturated carbocycles. The summed E-state index contributed by atoms with van der Waals surface area (Å²) in [6.07, 6.45) is 13.7. The highest BCUT2D eigenvalue weighted by atomic mass is 14.9. The SMILES string of the molecule is C1=CC(c2cc(-c3cccc(-c4ccc(-c5nc6c(n7c5cc5ccccc57)=CCCC=6)cc4)c3)cc(-c3ccccn3)n2)=NCC1. The van der Waals surface area contributed by atoms with Gasteiger partial charge in [0.05, 0.1) is 50.2 Å². The van der Waals surface area contributed by atoms with Gasteiger partial charge < -0.3 is 4.40 Å². The predicted molar refractivity (Wildman–Crippen MR) is 193 cm³/mol. The van der Waals surface area contributed by atoms with Crippen molar-refractivity contribution in [3.63, 3.8) is 0 Å². The van der Waals surface area contributed by atoms with E-state index in [0.29, 0.717) is 0 Å². The van der Waals surface area contributed by atoms with Gasteiger partial charge in [-0.3, -0.25) is 9.98 Å². The van der Waals surface area contributed by atoms with Gasteiger partial charge in [-0.25, -0.2) is 9.97 Å². The van der Waals surface area contributed by atoms with E-state index >= 15 is 0 Å². The van der Waals surface area contributed by atoms with Gasteiger partial charge in [-0.05, 0) is 90.1 Å². The smallest absolute Gasteiger partial charge is 0.0950 e. The molecule has 0 radical (unpaired) electrons. The Morgan fingerprint density at radius 2 is 1.36 bits per heavy atom. The molecule has 0 amide bonds. The Hall–Kier alpha value is -5.94. The second-order valence-electron chi connectivity index (χ2n) is 12.1. The summed E-state index contributed by atoms with van der Waals surface area (Å²) in [6.45, 7) is 0.784. The van der Waals surface area contributed by atoms with Crippen molar-refractivity contribution in [2.24, 2.45) is 4.99 Å². The minimum Gasteiger partial charge on any atom is -0.306 e. The van der Waals surface area contributed by atoms with Gasteiger partial charge in [0.2, 0.25) is 0 Å². The molecule has 2 aliphatic rings. The number of aliphatic imine (C=N–C) groups is 1. The molecule has 0 bridgehead atoms. The lowest BCUT2D eigenvalue weighted by atomic mass is 9.96. The van der Waals surface area contributed by atoms with Crippen molar-refractivity contribution >= 4 is 34.3 Å². The first-order chi connectivity index (χ1) is 23.3. The Bertz CT molecular complexity index is 2500. The maximum atomic E-state index is 5.21. The van der Waals surface area contributed by atoms with Crippen LogP contribution < -0.4 is 10.7 Å². The molecule has 224 valence electrons. The fourth-order valence-corrected chi connectivity index (χ4v) is 6.78. The minimum absolute atomic E-state index is 0.784. The number of dihydropyridines is 1. The maximum Gasteiger partial charge on any atom is 0.0950 e. The molecule has 4 aromatic heterocycles. The van der Waals surface area contributed by atoms with Crippen LogP contribution in [-0.2, 0) is 0 Å². The molecule has 0 saturated heterocycles. The lowest BCUT2D eigenvalue weighted by Crippen LogP contribution is -2.36. The summed E-state index contributed by atoms with van der Waals surface area (Å²) in [5.74, 6) is 0. The number of aromatic nitrogens is 4. The predicted octanol–water partition coefficient (Wildman–Crippen LogP) is 8.05. The summed E-state index contributed by atoms with van der Waals surface area (Å²) >= 11 is 0. The highest BCUT2D eigenvalue weighted by molar-refractivity contribution is 6.08. The molecule has 1 aliphatic carbocycles. The Morgan fingerprint density at radius 3 is 2.21 bits per heavy atom. The van der Waals surface area contributed by atoms with Crippen molar-refractivity contribution in [3.8, 4) is 44.9 Å². The number of benzene rings is 3. The molecule has 7 aromatic rings. The van der Waals surface area contributed by atoms with Crippen LogP contribution in [0.15, 0.2) is 133 Å². The van der Waals surface area contributed by atoms with E-state index in [4.69, 9.17) is 15.0 Å². The molecule has 5 heteroatoms. The highest BCUT2D eigenvalue weighted by Crippen LogP contribution is 2.32.